The summed E-state index contributed by atoms with van der Waals surface area (Å²) in [4.78, 5) is 13.0. The molecule has 2 unspecified atom stereocenters. The van der Waals surface area contributed by atoms with Crippen LogP contribution in [0.4, 0.5) is 0 Å². The first-order valence-electron chi connectivity index (χ1n) is 16.1. The number of fused-ring (bicyclic) bond motifs is 5. The molecule has 4 fully saturated rings. The Morgan fingerprint density at radius 1 is 1.12 bits per heavy atom. The van der Waals surface area contributed by atoms with E-state index in [9.17, 15) is 25.2 Å². The number of hydrogen-bond acceptors (Lipinski definition) is 6. The van der Waals surface area contributed by atoms with E-state index in [-0.39, 0.29) is 48.1 Å². The molecule has 6 nitrogen and oxygen atoms in total. The Balaban J connectivity index is 1.55. The maximum atomic E-state index is 13.0. The molecule has 0 aromatic rings. The van der Waals surface area contributed by atoms with Gasteiger partial charge in [0.25, 0.3) is 0 Å². The molecule has 190 valence electrons. The van der Waals surface area contributed by atoms with Gasteiger partial charge in [0.05, 0.1) is 36.9 Å². The molecule has 3 aliphatic carbocycles. The number of rotatable bonds is 5. The highest BCUT2D eigenvalue weighted by Crippen LogP contribution is 2.66. The normalized spacial score (nSPS) is 52.4. The van der Waals surface area contributed by atoms with Crippen LogP contribution in [0, 0.1) is 52.2 Å². The largest absolute Gasteiger partial charge is 0.465 e. The summed E-state index contributed by atoms with van der Waals surface area (Å²) in [6, 6.07) is 0. The summed E-state index contributed by atoms with van der Waals surface area (Å²) in [5, 5.41) is 42.9. The summed E-state index contributed by atoms with van der Waals surface area (Å²) in [6.07, 6.45) is -2.29. The van der Waals surface area contributed by atoms with Crippen molar-refractivity contribution in [3.05, 3.63) is 0 Å². The molecule has 33 heavy (non-hydrogen) atoms. The van der Waals surface area contributed by atoms with Crippen LogP contribution in [0.3, 0.4) is 0 Å². The van der Waals surface area contributed by atoms with E-state index in [4.69, 9.17) is 14.3 Å². The highest BCUT2D eigenvalue weighted by Gasteiger charge is 2.63. The molecule has 1 aliphatic heterocycles. The Morgan fingerprint density at radius 2 is 1.82 bits per heavy atom. The third kappa shape index (κ3) is 4.17. The zero-order valence-electron chi connectivity index (χ0n) is 27.0. The standard InChI is InChI=1S/C27H46O6/c1-14(2)10-22(29)24(31)15(3)17-6-7-18-16-13-33-25(32)20-11-21(28)23(30)12-27(20,5)19(16)8-9-26(17,18)4/h14-24,28-31H,6-13H2,1-5H3/t15-,16-,17+,18-,19-,20+,21-,22?,23+,24?,26+,27+/m0/s1/i1D3,2D3,14D. The van der Waals surface area contributed by atoms with E-state index < -0.39 is 67.7 Å². The average molecular weight is 474 g/mol. The summed E-state index contributed by atoms with van der Waals surface area (Å²) in [5.74, 6) is -4.01. The third-order valence-electron chi connectivity index (χ3n) is 10.4. The molecule has 0 aromatic heterocycles. The van der Waals surface area contributed by atoms with Crippen molar-refractivity contribution in [2.45, 2.75) is 104 Å². The molecule has 0 amide bonds. The number of hydrogen-bond donors (Lipinski definition) is 4. The van der Waals surface area contributed by atoms with Crippen molar-refractivity contribution in [2.24, 2.45) is 52.2 Å². The third-order valence-corrected chi connectivity index (χ3v) is 10.4. The molecule has 4 aliphatic rings. The van der Waals surface area contributed by atoms with Gasteiger partial charge in [-0.15, -0.1) is 0 Å². The van der Waals surface area contributed by atoms with E-state index in [0.717, 1.165) is 25.7 Å². The highest BCUT2D eigenvalue weighted by molar-refractivity contribution is 5.74. The lowest BCUT2D eigenvalue weighted by molar-refractivity contribution is -0.162. The number of esters is 1. The Bertz CT molecular complexity index is 945. The zero-order valence-corrected chi connectivity index (χ0v) is 20.0. The Morgan fingerprint density at radius 3 is 2.52 bits per heavy atom. The van der Waals surface area contributed by atoms with Gasteiger partial charge in [0, 0.05) is 9.60 Å². The van der Waals surface area contributed by atoms with Gasteiger partial charge in [0.1, 0.15) is 0 Å². The minimum Gasteiger partial charge on any atom is -0.465 e. The predicted octanol–water partition coefficient (Wildman–Crippen LogP) is 3.14. The van der Waals surface area contributed by atoms with Crippen molar-refractivity contribution >= 4 is 5.97 Å². The monoisotopic (exact) mass is 473 g/mol. The van der Waals surface area contributed by atoms with Crippen molar-refractivity contribution in [1.29, 1.82) is 0 Å². The maximum absolute atomic E-state index is 13.0. The Labute approximate surface area is 208 Å². The molecule has 0 aromatic carbocycles. The lowest BCUT2D eigenvalue weighted by Crippen LogP contribution is -2.55. The van der Waals surface area contributed by atoms with Gasteiger partial charge in [-0.1, -0.05) is 34.5 Å². The van der Waals surface area contributed by atoms with E-state index >= 15 is 0 Å². The van der Waals surface area contributed by atoms with E-state index in [2.05, 4.69) is 6.92 Å². The molecular formula is C27H46O6. The predicted molar refractivity (Wildman–Crippen MR) is 125 cm³/mol. The second kappa shape index (κ2) is 9.07. The molecular weight excluding hydrogens is 420 g/mol. The van der Waals surface area contributed by atoms with Crippen LogP contribution in [0.2, 0.25) is 0 Å². The van der Waals surface area contributed by atoms with E-state index in [1.807, 2.05) is 6.92 Å². The topological polar surface area (TPSA) is 107 Å². The number of ether oxygens (including phenoxy) is 1. The maximum Gasteiger partial charge on any atom is 0.309 e. The molecule has 4 N–H and O–H groups in total. The Hall–Kier alpha value is -0.690. The van der Waals surface area contributed by atoms with Gasteiger partial charge in [-0.3, -0.25) is 4.79 Å². The first-order chi connectivity index (χ1) is 18.2. The first kappa shape index (κ1) is 17.7. The first-order valence-corrected chi connectivity index (χ1v) is 12.6. The van der Waals surface area contributed by atoms with Crippen molar-refractivity contribution in [3.8, 4) is 0 Å². The summed E-state index contributed by atoms with van der Waals surface area (Å²) in [7, 11) is 0. The minimum absolute atomic E-state index is 0.0337. The molecule has 1 heterocycles. The van der Waals surface area contributed by atoms with Crippen LogP contribution >= 0.6 is 0 Å². The number of cyclic esters (lactones) is 1. The number of aliphatic hydroxyl groups is 4. The minimum atomic E-state index is -3.18. The van der Waals surface area contributed by atoms with E-state index in [0.29, 0.717) is 6.42 Å². The summed E-state index contributed by atoms with van der Waals surface area (Å²) in [6.45, 7) is -0.118. The quantitative estimate of drug-likeness (QED) is 0.457. The van der Waals surface area contributed by atoms with Crippen LogP contribution in [0.1, 0.15) is 89.0 Å². The van der Waals surface area contributed by atoms with Crippen molar-refractivity contribution in [3.63, 3.8) is 0 Å². The van der Waals surface area contributed by atoms with Gasteiger partial charge in [0.2, 0.25) is 0 Å². The van der Waals surface area contributed by atoms with Gasteiger partial charge >= 0.3 is 5.97 Å². The molecule has 3 saturated carbocycles. The average Bonchev–Trinajstić information content (AvgIpc) is 3.14. The SMILES string of the molecule is [2H]C([2H])([2H])C([2H])(CC(O)C(O)[C@@H](C)[C@H]1CC[C@H]2[C@@H]3COC(=O)[C@H]4C[C@H](O)[C@H](O)C[C@]4(C)[C@H]3CC[C@]12C)C([2H])([2H])[2H]. The number of carbonyl (C=O) groups excluding carboxylic acids is 1. The summed E-state index contributed by atoms with van der Waals surface area (Å²) in [5.41, 5.74) is -0.789. The number of carbonyl (C=O) groups is 1. The molecule has 4 rings (SSSR count). The molecule has 0 bridgehead atoms. The van der Waals surface area contributed by atoms with Gasteiger partial charge in [-0.25, -0.2) is 0 Å². The zero-order chi connectivity index (χ0) is 30.2. The smallest absolute Gasteiger partial charge is 0.309 e. The van der Waals surface area contributed by atoms with Crippen LogP contribution < -0.4 is 0 Å². The van der Waals surface area contributed by atoms with Crippen LogP contribution in [-0.2, 0) is 9.53 Å². The van der Waals surface area contributed by atoms with E-state index in [1.54, 1.807) is 6.92 Å². The van der Waals surface area contributed by atoms with Crippen molar-refractivity contribution in [2.75, 3.05) is 6.61 Å². The van der Waals surface area contributed by atoms with Crippen LogP contribution in [0.25, 0.3) is 0 Å². The second-order valence-electron chi connectivity index (χ2n) is 12.0. The molecule has 1 saturated heterocycles. The number of aliphatic hydroxyl groups excluding tert-OH is 4. The lowest BCUT2D eigenvalue weighted by Gasteiger charge is -2.56. The molecule has 6 heteroatoms. The Kier molecular flexibility index (Phi) is 4.86. The van der Waals surface area contributed by atoms with Gasteiger partial charge in [-0.2, -0.15) is 0 Å². The van der Waals surface area contributed by atoms with Crippen molar-refractivity contribution < 1.29 is 39.6 Å². The summed E-state index contributed by atoms with van der Waals surface area (Å²) < 4.78 is 60.0. The second-order valence-corrected chi connectivity index (χ2v) is 12.0. The van der Waals surface area contributed by atoms with Gasteiger partial charge in [0.15, 0.2) is 0 Å². The molecule has 12 atom stereocenters. The van der Waals surface area contributed by atoms with Crippen LogP contribution in [-0.4, -0.2) is 57.4 Å². The van der Waals surface area contributed by atoms with Crippen molar-refractivity contribution in [1.82, 2.24) is 0 Å². The van der Waals surface area contributed by atoms with Gasteiger partial charge < -0.3 is 25.2 Å². The summed E-state index contributed by atoms with van der Waals surface area (Å²) >= 11 is 0. The van der Waals surface area contributed by atoms with E-state index in [1.165, 1.54) is 0 Å². The lowest BCUT2D eigenvalue weighted by atomic mass is 9.48. The fraction of sp³-hybridized carbons (Fsp3) is 0.963. The van der Waals surface area contributed by atoms with Crippen LogP contribution in [0.5, 0.6) is 0 Å². The van der Waals surface area contributed by atoms with Crippen LogP contribution in [0.15, 0.2) is 0 Å². The fourth-order valence-electron chi connectivity index (χ4n) is 8.61. The van der Waals surface area contributed by atoms with Gasteiger partial charge in [-0.05, 0) is 91.3 Å². The highest BCUT2D eigenvalue weighted by atomic mass is 16.5. The fourth-order valence-corrected chi connectivity index (χ4v) is 8.61. The molecule has 0 spiro atoms. The molecule has 0 radical (unpaired) electrons.